The van der Waals surface area contributed by atoms with Gasteiger partial charge in [-0.3, -0.25) is 9.35 Å². The van der Waals surface area contributed by atoms with Crippen molar-refractivity contribution in [2.24, 2.45) is 5.92 Å². The Hall–Kier alpha value is -1.97. The molecule has 1 unspecified atom stereocenters. The van der Waals surface area contributed by atoms with Gasteiger partial charge < -0.3 is 14.6 Å². The number of aromatic carboxylic acids is 1. The Labute approximate surface area is 160 Å². The number of carboxylic acids is 1. The molecule has 1 fully saturated rings. The molecular weight excluding hydrogens is 374 g/mol. The van der Waals surface area contributed by atoms with Crippen LogP contribution < -0.4 is 4.74 Å². The fraction of sp³-hybridized carbons (Fsp3) is 0.556. The van der Waals surface area contributed by atoms with E-state index in [1.165, 1.54) is 18.2 Å². The number of carbonyl (C=O) groups excluding carboxylic acids is 1. The Kier molecular flexibility index (Phi) is 6.96. The molecule has 27 heavy (non-hydrogen) atoms. The van der Waals surface area contributed by atoms with Crippen molar-refractivity contribution in [2.45, 2.75) is 45.8 Å². The smallest absolute Gasteiger partial charge is 0.335 e. The summed E-state index contributed by atoms with van der Waals surface area (Å²) in [5, 5.41) is 9.17. The van der Waals surface area contributed by atoms with Crippen LogP contribution in [0, 0.1) is 5.92 Å². The molecule has 2 N–H and O–H groups in total. The third-order valence-electron chi connectivity index (χ3n) is 3.78. The van der Waals surface area contributed by atoms with Crippen molar-refractivity contribution in [3.8, 4) is 5.75 Å². The highest BCUT2D eigenvalue weighted by Crippen LogP contribution is 2.31. The molecular formula is C18H25NO7S. The Balaban J connectivity index is 2.16. The monoisotopic (exact) mass is 399 g/mol. The van der Waals surface area contributed by atoms with Crippen LogP contribution in [-0.2, 0) is 27.3 Å². The van der Waals surface area contributed by atoms with Gasteiger partial charge in [-0.2, -0.15) is 4.31 Å². The number of nitrogens with zero attached hydrogens (tertiary/aromatic N) is 1. The second-order valence-electron chi connectivity index (χ2n) is 7.50. The van der Waals surface area contributed by atoms with Gasteiger partial charge in [0.25, 0.3) is 0 Å². The van der Waals surface area contributed by atoms with Crippen molar-refractivity contribution in [3.05, 3.63) is 29.3 Å². The third-order valence-corrected chi connectivity index (χ3v) is 4.48. The van der Waals surface area contributed by atoms with Crippen molar-refractivity contribution in [3.63, 3.8) is 0 Å². The number of rotatable bonds is 9. The molecule has 0 radical (unpaired) electrons. The summed E-state index contributed by atoms with van der Waals surface area (Å²) in [5.74, 6) is -0.931. The van der Waals surface area contributed by atoms with Gasteiger partial charge in [0.15, 0.2) is 0 Å². The first-order chi connectivity index (χ1) is 12.5. The first kappa shape index (κ1) is 21.3. The Morgan fingerprint density at radius 2 is 1.96 bits per heavy atom. The van der Waals surface area contributed by atoms with Crippen molar-refractivity contribution >= 4 is 23.2 Å². The lowest BCUT2D eigenvalue weighted by atomic mass is 10.1. The van der Waals surface area contributed by atoms with Crippen LogP contribution in [0.25, 0.3) is 0 Å². The average Bonchev–Trinajstić information content (AvgIpc) is 3.35. The Morgan fingerprint density at radius 3 is 2.48 bits per heavy atom. The number of hydrogen-bond donors (Lipinski definition) is 2. The molecule has 1 aliphatic carbocycles. The third kappa shape index (κ3) is 7.28. The van der Waals surface area contributed by atoms with Gasteiger partial charge in [-0.15, -0.1) is 0 Å². The Bertz CT molecular complexity index is 725. The summed E-state index contributed by atoms with van der Waals surface area (Å²) in [5.41, 5.74) is -0.124. The van der Waals surface area contributed by atoms with Crippen LogP contribution in [-0.4, -0.2) is 48.9 Å². The van der Waals surface area contributed by atoms with Gasteiger partial charge in [0, 0.05) is 12.1 Å². The van der Waals surface area contributed by atoms with Crippen molar-refractivity contribution in [2.75, 3.05) is 13.2 Å². The van der Waals surface area contributed by atoms with Crippen LogP contribution >= 0.6 is 0 Å². The van der Waals surface area contributed by atoms with Crippen molar-refractivity contribution < 1.29 is 32.9 Å². The molecule has 1 aromatic rings. The van der Waals surface area contributed by atoms with E-state index in [4.69, 9.17) is 9.47 Å². The molecule has 0 heterocycles. The van der Waals surface area contributed by atoms with Crippen LogP contribution in [0.2, 0.25) is 0 Å². The van der Waals surface area contributed by atoms with E-state index in [1.54, 1.807) is 20.8 Å². The van der Waals surface area contributed by atoms with Gasteiger partial charge in [-0.05, 0) is 51.7 Å². The lowest BCUT2D eigenvalue weighted by molar-refractivity contribution is -0.155. The maximum absolute atomic E-state index is 12.0. The first-order valence-electron chi connectivity index (χ1n) is 8.62. The number of benzene rings is 1. The molecule has 9 heteroatoms. The standard InChI is InChI=1S/C18H25NO7S/c1-18(2,3)26-16(20)10-19(27(23)24)9-14-7-6-13(17(21)22)8-15(14)25-11-12-4-5-12/h6-8,12H,4-5,9-11H2,1-3H3,(H,21,22)(H,23,24). The van der Waals surface area contributed by atoms with Crippen LogP contribution in [0.5, 0.6) is 5.75 Å². The normalized spacial score (nSPS) is 15.4. The lowest BCUT2D eigenvalue weighted by Crippen LogP contribution is -2.35. The number of ether oxygens (including phenoxy) is 2. The minimum absolute atomic E-state index is 0.0633. The lowest BCUT2D eigenvalue weighted by Gasteiger charge is -2.23. The van der Waals surface area contributed by atoms with E-state index in [0.29, 0.717) is 23.8 Å². The predicted molar refractivity (Wildman–Crippen MR) is 98.6 cm³/mol. The largest absolute Gasteiger partial charge is 0.493 e. The zero-order valence-corrected chi connectivity index (χ0v) is 16.5. The van der Waals surface area contributed by atoms with Gasteiger partial charge in [-0.1, -0.05) is 6.07 Å². The summed E-state index contributed by atoms with van der Waals surface area (Å²) in [6.45, 7) is 5.13. The molecule has 2 rings (SSSR count). The SMILES string of the molecule is CC(C)(C)OC(=O)CN(Cc1ccc(C(=O)O)cc1OCC1CC1)S(=O)O. The zero-order chi connectivity index (χ0) is 20.2. The molecule has 0 spiro atoms. The average molecular weight is 399 g/mol. The molecule has 1 aliphatic rings. The zero-order valence-electron chi connectivity index (χ0n) is 15.6. The molecule has 150 valence electrons. The minimum Gasteiger partial charge on any atom is -0.493 e. The van der Waals surface area contributed by atoms with E-state index >= 15 is 0 Å². The summed E-state index contributed by atoms with van der Waals surface area (Å²) in [4.78, 5) is 23.2. The quantitative estimate of drug-likeness (QED) is 0.484. The van der Waals surface area contributed by atoms with E-state index in [1.807, 2.05) is 0 Å². The molecule has 0 saturated heterocycles. The van der Waals surface area contributed by atoms with Gasteiger partial charge >= 0.3 is 11.9 Å². The summed E-state index contributed by atoms with van der Waals surface area (Å²) < 4.78 is 33.1. The fourth-order valence-corrected chi connectivity index (χ4v) is 2.78. The van der Waals surface area contributed by atoms with E-state index in [0.717, 1.165) is 17.1 Å². The van der Waals surface area contributed by atoms with Gasteiger partial charge in [0.2, 0.25) is 11.3 Å². The van der Waals surface area contributed by atoms with Gasteiger partial charge in [0.1, 0.15) is 17.9 Å². The van der Waals surface area contributed by atoms with E-state index in [9.17, 15) is 23.5 Å². The van der Waals surface area contributed by atoms with Crippen molar-refractivity contribution in [1.82, 2.24) is 4.31 Å². The highest BCUT2D eigenvalue weighted by atomic mass is 32.2. The summed E-state index contributed by atoms with van der Waals surface area (Å²) >= 11 is -2.41. The number of esters is 1. The molecule has 1 aromatic carbocycles. The van der Waals surface area contributed by atoms with Crippen LogP contribution in [0.1, 0.15) is 49.5 Å². The molecule has 1 saturated carbocycles. The maximum Gasteiger partial charge on any atom is 0.335 e. The summed E-state index contributed by atoms with van der Waals surface area (Å²) in [6, 6.07) is 4.32. The topological polar surface area (TPSA) is 113 Å². The van der Waals surface area contributed by atoms with Gasteiger partial charge in [0.05, 0.1) is 12.2 Å². The molecule has 0 aromatic heterocycles. The first-order valence-corrected chi connectivity index (χ1v) is 9.68. The minimum atomic E-state index is -2.41. The summed E-state index contributed by atoms with van der Waals surface area (Å²) in [7, 11) is 0. The summed E-state index contributed by atoms with van der Waals surface area (Å²) in [6.07, 6.45) is 2.14. The second-order valence-corrected chi connectivity index (χ2v) is 8.48. The van der Waals surface area contributed by atoms with Crippen LogP contribution in [0.15, 0.2) is 18.2 Å². The highest BCUT2D eigenvalue weighted by Gasteiger charge is 2.25. The van der Waals surface area contributed by atoms with Crippen LogP contribution in [0.3, 0.4) is 0 Å². The number of carboxylic acid groups (broad SMARTS) is 1. The van der Waals surface area contributed by atoms with Gasteiger partial charge in [-0.25, -0.2) is 9.00 Å². The predicted octanol–water partition coefficient (Wildman–Crippen LogP) is 2.45. The van der Waals surface area contributed by atoms with E-state index in [2.05, 4.69) is 0 Å². The second kappa shape index (κ2) is 8.81. The fourth-order valence-electron chi connectivity index (χ4n) is 2.32. The van der Waals surface area contributed by atoms with Crippen LogP contribution in [0.4, 0.5) is 0 Å². The molecule has 0 bridgehead atoms. The number of hydrogen-bond acceptors (Lipinski definition) is 5. The van der Waals surface area contributed by atoms with E-state index in [-0.39, 0.29) is 18.7 Å². The molecule has 8 nitrogen and oxygen atoms in total. The maximum atomic E-state index is 12.0. The molecule has 1 atom stereocenters. The number of carbonyl (C=O) groups is 2. The van der Waals surface area contributed by atoms with Crippen molar-refractivity contribution in [1.29, 1.82) is 0 Å². The Morgan fingerprint density at radius 1 is 1.30 bits per heavy atom. The molecule has 0 amide bonds. The molecule has 0 aliphatic heterocycles. The van der Waals surface area contributed by atoms with E-state index < -0.39 is 28.8 Å². The highest BCUT2D eigenvalue weighted by molar-refractivity contribution is 7.76.